The lowest BCUT2D eigenvalue weighted by molar-refractivity contribution is 0.351. The predicted octanol–water partition coefficient (Wildman–Crippen LogP) is 5.70. The molecule has 1 saturated heterocycles. The number of likely N-dealkylation sites (tertiary alicyclic amines) is 1. The van der Waals surface area contributed by atoms with Crippen LogP contribution in [0, 0.1) is 0 Å². The largest absolute Gasteiger partial charge is 0.306 e. The molecule has 0 bridgehead atoms. The van der Waals surface area contributed by atoms with Crippen molar-refractivity contribution in [1.29, 1.82) is 0 Å². The molecule has 0 atom stereocenters. The fourth-order valence-corrected chi connectivity index (χ4v) is 3.89. The Labute approximate surface area is 141 Å². The van der Waals surface area contributed by atoms with Gasteiger partial charge in [0.2, 0.25) is 0 Å². The average Bonchev–Trinajstić information content (AvgIpc) is 2.67. The first-order chi connectivity index (χ1) is 11.0. The van der Waals surface area contributed by atoms with Crippen LogP contribution in [0.1, 0.15) is 57.6 Å². The van der Waals surface area contributed by atoms with Crippen LogP contribution in [-0.4, -0.2) is 25.0 Å². The molecule has 0 unspecified atom stereocenters. The van der Waals surface area contributed by atoms with Gasteiger partial charge in [0.25, 0.3) is 0 Å². The third-order valence-corrected chi connectivity index (χ3v) is 5.39. The van der Waals surface area contributed by atoms with Gasteiger partial charge in [-0.25, -0.2) is 0 Å². The normalized spacial score (nSPS) is 22.2. The number of rotatable bonds is 2. The van der Waals surface area contributed by atoms with Gasteiger partial charge in [-0.1, -0.05) is 47.1 Å². The van der Waals surface area contributed by atoms with E-state index in [4.69, 9.17) is 0 Å². The molecule has 1 heterocycles. The summed E-state index contributed by atoms with van der Waals surface area (Å²) < 4.78 is 0. The second-order valence-electron chi connectivity index (χ2n) is 7.32. The van der Waals surface area contributed by atoms with Gasteiger partial charge in [0, 0.05) is 6.54 Å². The fraction of sp³-hybridized carbons (Fsp3) is 0.455. The minimum Gasteiger partial charge on any atom is -0.306 e. The van der Waals surface area contributed by atoms with Gasteiger partial charge < -0.3 is 4.90 Å². The Morgan fingerprint density at radius 3 is 2.30 bits per heavy atom. The molecular weight excluding hydrogens is 278 g/mol. The lowest BCUT2D eigenvalue weighted by atomic mass is 9.96. The number of hydrogen-bond acceptors (Lipinski definition) is 1. The Balaban J connectivity index is 1.79. The van der Waals surface area contributed by atoms with Crippen LogP contribution in [0.15, 0.2) is 46.6 Å². The lowest BCUT2D eigenvalue weighted by Crippen LogP contribution is -2.18. The average molecular weight is 307 g/mol. The van der Waals surface area contributed by atoms with E-state index in [2.05, 4.69) is 63.1 Å². The summed E-state index contributed by atoms with van der Waals surface area (Å²) in [5.74, 6) is 0. The summed E-state index contributed by atoms with van der Waals surface area (Å²) in [5, 5.41) is 0. The van der Waals surface area contributed by atoms with E-state index in [0.717, 1.165) is 6.42 Å². The molecule has 1 aliphatic heterocycles. The standard InChI is InChI=1S/C22H29N/c1-16-14-17(2)22(18(16)3)21-9-7-20(8-10-21)15-19-6-5-12-23(4)13-11-19/h7-10,15H,5-6,11-14H2,1-4H3/b19-15-. The van der Waals surface area contributed by atoms with Crippen molar-refractivity contribution in [2.75, 3.05) is 20.1 Å². The highest BCUT2D eigenvalue weighted by Crippen LogP contribution is 2.38. The maximum Gasteiger partial charge on any atom is 0.00156 e. The van der Waals surface area contributed by atoms with E-state index in [9.17, 15) is 0 Å². The van der Waals surface area contributed by atoms with Crippen LogP contribution in [0.4, 0.5) is 0 Å². The first-order valence-corrected chi connectivity index (χ1v) is 8.89. The summed E-state index contributed by atoms with van der Waals surface area (Å²) in [6.45, 7) is 9.22. The maximum absolute atomic E-state index is 2.44. The van der Waals surface area contributed by atoms with Crippen molar-refractivity contribution in [3.63, 3.8) is 0 Å². The SMILES string of the molecule is CC1=C(C)C(c2ccc(/C=C3/CCCN(C)CC3)cc2)=C(C)C1. The van der Waals surface area contributed by atoms with Gasteiger partial charge in [-0.2, -0.15) is 0 Å². The third-order valence-electron chi connectivity index (χ3n) is 5.39. The Morgan fingerprint density at radius 1 is 0.913 bits per heavy atom. The highest BCUT2D eigenvalue weighted by atomic mass is 15.1. The van der Waals surface area contributed by atoms with Gasteiger partial charge in [-0.15, -0.1) is 0 Å². The third kappa shape index (κ3) is 3.67. The van der Waals surface area contributed by atoms with Crippen molar-refractivity contribution >= 4 is 11.6 Å². The van der Waals surface area contributed by atoms with Crippen molar-refractivity contribution in [2.24, 2.45) is 0 Å². The molecule has 0 spiro atoms. The quantitative estimate of drug-likeness (QED) is 0.677. The minimum atomic E-state index is 1.14. The molecule has 0 saturated carbocycles. The molecule has 1 aromatic rings. The van der Waals surface area contributed by atoms with Gasteiger partial charge >= 0.3 is 0 Å². The molecule has 1 heteroatoms. The zero-order valence-corrected chi connectivity index (χ0v) is 15.1. The van der Waals surface area contributed by atoms with E-state index in [1.807, 2.05) is 0 Å². The molecule has 1 nitrogen and oxygen atoms in total. The summed E-state index contributed by atoms with van der Waals surface area (Å²) in [7, 11) is 2.23. The highest BCUT2D eigenvalue weighted by Gasteiger charge is 2.17. The van der Waals surface area contributed by atoms with Crippen LogP contribution in [0.3, 0.4) is 0 Å². The highest BCUT2D eigenvalue weighted by molar-refractivity contribution is 5.84. The predicted molar refractivity (Wildman–Crippen MR) is 101 cm³/mol. The number of hydrogen-bond donors (Lipinski definition) is 0. The van der Waals surface area contributed by atoms with Crippen molar-refractivity contribution < 1.29 is 0 Å². The van der Waals surface area contributed by atoms with Crippen LogP contribution in [0.2, 0.25) is 0 Å². The van der Waals surface area contributed by atoms with Crippen LogP contribution in [0.25, 0.3) is 11.6 Å². The first kappa shape index (κ1) is 16.3. The molecule has 2 aliphatic rings. The molecule has 1 fully saturated rings. The number of allylic oxidation sites excluding steroid dienone is 4. The van der Waals surface area contributed by atoms with E-state index >= 15 is 0 Å². The van der Waals surface area contributed by atoms with E-state index in [-0.39, 0.29) is 0 Å². The second-order valence-corrected chi connectivity index (χ2v) is 7.32. The van der Waals surface area contributed by atoms with Crippen LogP contribution < -0.4 is 0 Å². The van der Waals surface area contributed by atoms with Crippen molar-refractivity contribution in [3.05, 3.63) is 57.7 Å². The molecule has 0 N–H and O–H groups in total. The summed E-state index contributed by atoms with van der Waals surface area (Å²) in [6.07, 6.45) is 7.30. The maximum atomic E-state index is 2.44. The second kappa shape index (κ2) is 6.88. The molecule has 1 aromatic carbocycles. The summed E-state index contributed by atoms with van der Waals surface area (Å²) in [6, 6.07) is 9.18. The number of nitrogens with zero attached hydrogens (tertiary/aromatic N) is 1. The molecule has 3 rings (SSSR count). The summed E-state index contributed by atoms with van der Waals surface area (Å²) in [5.41, 5.74) is 10.3. The zero-order valence-electron chi connectivity index (χ0n) is 15.1. The Kier molecular flexibility index (Phi) is 4.87. The Hall–Kier alpha value is -1.60. The van der Waals surface area contributed by atoms with Crippen molar-refractivity contribution in [1.82, 2.24) is 4.90 Å². The Bertz CT molecular complexity index is 670. The van der Waals surface area contributed by atoms with E-state index < -0.39 is 0 Å². The minimum absolute atomic E-state index is 1.14. The van der Waals surface area contributed by atoms with Gasteiger partial charge in [-0.05, 0) is 82.3 Å². The van der Waals surface area contributed by atoms with Gasteiger partial charge in [0.05, 0.1) is 0 Å². The first-order valence-electron chi connectivity index (χ1n) is 8.89. The summed E-state index contributed by atoms with van der Waals surface area (Å²) in [4.78, 5) is 2.44. The molecular formula is C22H29N. The van der Waals surface area contributed by atoms with E-state index in [1.165, 1.54) is 65.8 Å². The monoisotopic (exact) mass is 307 g/mol. The van der Waals surface area contributed by atoms with Crippen LogP contribution in [0.5, 0.6) is 0 Å². The Morgan fingerprint density at radius 2 is 1.65 bits per heavy atom. The molecule has 0 aromatic heterocycles. The van der Waals surface area contributed by atoms with Crippen LogP contribution in [-0.2, 0) is 0 Å². The smallest absolute Gasteiger partial charge is 0.00156 e. The topological polar surface area (TPSA) is 3.24 Å². The molecule has 122 valence electrons. The summed E-state index contributed by atoms with van der Waals surface area (Å²) >= 11 is 0. The van der Waals surface area contributed by atoms with Gasteiger partial charge in [0.15, 0.2) is 0 Å². The van der Waals surface area contributed by atoms with E-state index in [1.54, 1.807) is 5.57 Å². The van der Waals surface area contributed by atoms with E-state index in [0.29, 0.717) is 0 Å². The van der Waals surface area contributed by atoms with Crippen molar-refractivity contribution in [2.45, 2.75) is 46.5 Å². The zero-order chi connectivity index (χ0) is 16.4. The van der Waals surface area contributed by atoms with Crippen LogP contribution >= 0.6 is 0 Å². The van der Waals surface area contributed by atoms with Gasteiger partial charge in [-0.3, -0.25) is 0 Å². The molecule has 23 heavy (non-hydrogen) atoms. The molecule has 1 aliphatic carbocycles. The van der Waals surface area contributed by atoms with Gasteiger partial charge in [0.1, 0.15) is 0 Å². The molecule has 0 radical (unpaired) electrons. The fourth-order valence-electron chi connectivity index (χ4n) is 3.89. The lowest BCUT2D eigenvalue weighted by Gasteiger charge is -2.11. The number of benzene rings is 1. The van der Waals surface area contributed by atoms with Crippen molar-refractivity contribution in [3.8, 4) is 0 Å². The molecule has 0 amide bonds.